The molecule has 1 aliphatic rings. The maximum atomic E-state index is 11.5. The van der Waals surface area contributed by atoms with Gasteiger partial charge in [-0.15, -0.1) is 0 Å². The number of benzene rings is 1. The molecule has 0 atom stereocenters. The lowest BCUT2D eigenvalue weighted by molar-refractivity contribution is -0.117. The van der Waals surface area contributed by atoms with Crippen molar-refractivity contribution in [1.82, 2.24) is 0 Å². The third kappa shape index (κ3) is 2.09. The smallest absolute Gasteiger partial charge is 0.240 e. The fourth-order valence-electron chi connectivity index (χ4n) is 2.21. The first-order chi connectivity index (χ1) is 7.72. The number of carbonyl (C=O) groups is 1. The van der Waals surface area contributed by atoms with Crippen molar-refractivity contribution in [1.29, 1.82) is 0 Å². The Hall–Kier alpha value is -1.35. The number of fused-ring (bicyclic) bond motifs is 1. The zero-order valence-corrected chi connectivity index (χ0v) is 9.70. The Morgan fingerprint density at radius 3 is 2.69 bits per heavy atom. The molecule has 1 aliphatic carbocycles. The van der Waals surface area contributed by atoms with Crippen LogP contribution in [0.5, 0.6) is 0 Å². The van der Waals surface area contributed by atoms with E-state index in [1.807, 2.05) is 6.07 Å². The van der Waals surface area contributed by atoms with Crippen LogP contribution >= 0.6 is 0 Å². The van der Waals surface area contributed by atoms with Gasteiger partial charge in [-0.1, -0.05) is 6.07 Å². The summed E-state index contributed by atoms with van der Waals surface area (Å²) in [5.41, 5.74) is 9.13. The Bertz CT molecular complexity index is 401. The Morgan fingerprint density at radius 1 is 1.31 bits per heavy atom. The average molecular weight is 218 g/mol. The van der Waals surface area contributed by atoms with Crippen molar-refractivity contribution < 1.29 is 4.79 Å². The summed E-state index contributed by atoms with van der Waals surface area (Å²) in [5.74, 6) is -0.0456. The van der Waals surface area contributed by atoms with Gasteiger partial charge in [-0.25, -0.2) is 0 Å². The van der Waals surface area contributed by atoms with Crippen LogP contribution in [0.4, 0.5) is 5.69 Å². The second-order valence-electron chi connectivity index (χ2n) is 4.32. The van der Waals surface area contributed by atoms with Crippen molar-refractivity contribution in [2.24, 2.45) is 5.73 Å². The van der Waals surface area contributed by atoms with E-state index in [0.29, 0.717) is 0 Å². The van der Waals surface area contributed by atoms with E-state index in [1.54, 1.807) is 11.9 Å². The Balaban J connectivity index is 2.26. The topological polar surface area (TPSA) is 46.3 Å². The molecule has 0 aromatic heterocycles. The van der Waals surface area contributed by atoms with Crippen LogP contribution in [0.25, 0.3) is 0 Å². The zero-order valence-electron chi connectivity index (χ0n) is 9.70. The van der Waals surface area contributed by atoms with Gasteiger partial charge in [-0.2, -0.15) is 0 Å². The maximum Gasteiger partial charge on any atom is 0.240 e. The van der Waals surface area contributed by atoms with Gasteiger partial charge in [-0.3, -0.25) is 4.79 Å². The van der Waals surface area contributed by atoms with E-state index in [4.69, 9.17) is 5.73 Å². The Kier molecular flexibility index (Phi) is 3.25. The van der Waals surface area contributed by atoms with Crippen molar-refractivity contribution >= 4 is 11.6 Å². The maximum absolute atomic E-state index is 11.5. The van der Waals surface area contributed by atoms with Crippen LogP contribution in [0.2, 0.25) is 0 Å². The SMILES string of the molecule is CN(C(=O)CN)c1ccc2c(c1)CCCC2. The summed E-state index contributed by atoms with van der Waals surface area (Å²) in [6.07, 6.45) is 4.84. The number of rotatable bonds is 2. The molecule has 2 N–H and O–H groups in total. The zero-order chi connectivity index (χ0) is 11.5. The van der Waals surface area contributed by atoms with Gasteiger partial charge in [0.25, 0.3) is 0 Å². The Labute approximate surface area is 96.2 Å². The van der Waals surface area contributed by atoms with Gasteiger partial charge < -0.3 is 10.6 Å². The minimum atomic E-state index is -0.0456. The lowest BCUT2D eigenvalue weighted by Crippen LogP contribution is -2.32. The number of hydrogen-bond donors (Lipinski definition) is 1. The highest BCUT2D eigenvalue weighted by molar-refractivity contribution is 5.94. The molecule has 0 bridgehead atoms. The highest BCUT2D eigenvalue weighted by Crippen LogP contribution is 2.25. The van der Waals surface area contributed by atoms with Gasteiger partial charge in [0.15, 0.2) is 0 Å². The molecule has 0 fully saturated rings. The molecule has 0 spiro atoms. The molecule has 0 saturated heterocycles. The lowest BCUT2D eigenvalue weighted by Gasteiger charge is -2.21. The molecule has 0 radical (unpaired) electrons. The molecule has 2 rings (SSSR count). The van der Waals surface area contributed by atoms with Crippen molar-refractivity contribution in [2.75, 3.05) is 18.5 Å². The summed E-state index contributed by atoms with van der Waals surface area (Å²) in [6.45, 7) is 0.0631. The standard InChI is InChI=1S/C13H18N2O/c1-15(13(16)9-14)12-7-6-10-4-2-3-5-11(10)8-12/h6-8H,2-5,9,14H2,1H3. The molecule has 1 aromatic carbocycles. The van der Waals surface area contributed by atoms with Crippen LogP contribution in [0, 0.1) is 0 Å². The second-order valence-corrected chi connectivity index (χ2v) is 4.32. The molecule has 0 unspecified atom stereocenters. The molecule has 0 aliphatic heterocycles. The number of carbonyl (C=O) groups excluding carboxylic acids is 1. The fraction of sp³-hybridized carbons (Fsp3) is 0.462. The van der Waals surface area contributed by atoms with Gasteiger partial charge in [0.1, 0.15) is 0 Å². The second kappa shape index (κ2) is 4.66. The van der Waals surface area contributed by atoms with Crippen LogP contribution in [0.1, 0.15) is 24.0 Å². The summed E-state index contributed by atoms with van der Waals surface area (Å²) in [6, 6.07) is 6.28. The average Bonchev–Trinajstić information content (AvgIpc) is 2.36. The number of amides is 1. The van der Waals surface area contributed by atoms with Crippen LogP contribution in [0.3, 0.4) is 0 Å². The quantitative estimate of drug-likeness (QED) is 0.817. The van der Waals surface area contributed by atoms with Gasteiger partial charge in [0, 0.05) is 12.7 Å². The first kappa shape index (κ1) is 11.1. The van der Waals surface area contributed by atoms with Crippen molar-refractivity contribution in [3.05, 3.63) is 29.3 Å². The summed E-state index contributed by atoms with van der Waals surface area (Å²) < 4.78 is 0. The normalized spacial score (nSPS) is 14.4. The molecular formula is C13H18N2O. The van der Waals surface area contributed by atoms with E-state index in [2.05, 4.69) is 12.1 Å². The summed E-state index contributed by atoms with van der Waals surface area (Å²) in [5, 5.41) is 0. The Morgan fingerprint density at radius 2 is 2.00 bits per heavy atom. The van der Waals surface area contributed by atoms with Gasteiger partial charge in [-0.05, 0) is 48.9 Å². The van der Waals surface area contributed by atoms with E-state index in [-0.39, 0.29) is 12.5 Å². The van der Waals surface area contributed by atoms with Crippen LogP contribution in [-0.2, 0) is 17.6 Å². The molecule has 3 heteroatoms. The van der Waals surface area contributed by atoms with Crippen molar-refractivity contribution in [2.45, 2.75) is 25.7 Å². The van der Waals surface area contributed by atoms with E-state index in [1.165, 1.54) is 30.4 Å². The van der Waals surface area contributed by atoms with Crippen LogP contribution in [0.15, 0.2) is 18.2 Å². The number of likely N-dealkylation sites (N-methyl/N-ethyl adjacent to an activating group) is 1. The van der Waals surface area contributed by atoms with Gasteiger partial charge in [0.05, 0.1) is 6.54 Å². The van der Waals surface area contributed by atoms with Crippen molar-refractivity contribution in [3.8, 4) is 0 Å². The summed E-state index contributed by atoms with van der Waals surface area (Å²) in [4.78, 5) is 13.1. The third-order valence-corrected chi connectivity index (χ3v) is 3.27. The molecule has 1 amide bonds. The number of hydrogen-bond acceptors (Lipinski definition) is 2. The predicted octanol–water partition coefficient (Wildman–Crippen LogP) is 1.49. The largest absolute Gasteiger partial charge is 0.322 e. The summed E-state index contributed by atoms with van der Waals surface area (Å²) >= 11 is 0. The van der Waals surface area contributed by atoms with E-state index < -0.39 is 0 Å². The molecule has 3 nitrogen and oxygen atoms in total. The van der Waals surface area contributed by atoms with E-state index in [0.717, 1.165) is 12.1 Å². The molecular weight excluding hydrogens is 200 g/mol. The minimum Gasteiger partial charge on any atom is -0.322 e. The fourth-order valence-corrected chi connectivity index (χ4v) is 2.21. The molecule has 1 aromatic rings. The monoisotopic (exact) mass is 218 g/mol. The highest BCUT2D eigenvalue weighted by atomic mass is 16.2. The van der Waals surface area contributed by atoms with Gasteiger partial charge >= 0.3 is 0 Å². The van der Waals surface area contributed by atoms with Gasteiger partial charge in [0.2, 0.25) is 5.91 Å². The lowest BCUT2D eigenvalue weighted by atomic mass is 9.91. The minimum absolute atomic E-state index is 0.0456. The highest BCUT2D eigenvalue weighted by Gasteiger charge is 2.13. The van der Waals surface area contributed by atoms with E-state index in [9.17, 15) is 4.79 Å². The molecule has 0 saturated carbocycles. The van der Waals surface area contributed by atoms with Crippen molar-refractivity contribution in [3.63, 3.8) is 0 Å². The van der Waals surface area contributed by atoms with Crippen LogP contribution in [-0.4, -0.2) is 19.5 Å². The van der Waals surface area contributed by atoms with Crippen LogP contribution < -0.4 is 10.6 Å². The molecule has 16 heavy (non-hydrogen) atoms. The summed E-state index contributed by atoms with van der Waals surface area (Å²) in [7, 11) is 1.78. The van der Waals surface area contributed by atoms with E-state index >= 15 is 0 Å². The molecule has 0 heterocycles. The number of nitrogens with zero attached hydrogens (tertiary/aromatic N) is 1. The third-order valence-electron chi connectivity index (χ3n) is 3.27. The predicted molar refractivity (Wildman–Crippen MR) is 65.5 cm³/mol. The first-order valence-corrected chi connectivity index (χ1v) is 5.81. The number of aryl methyl sites for hydroxylation is 2. The number of nitrogens with two attached hydrogens (primary N) is 1. The molecule has 86 valence electrons. The number of anilines is 1. The first-order valence-electron chi connectivity index (χ1n) is 5.81.